The van der Waals surface area contributed by atoms with Crippen LogP contribution in [0.25, 0.3) is 11.0 Å². The van der Waals surface area contributed by atoms with Crippen molar-refractivity contribution in [3.8, 4) is 0 Å². The van der Waals surface area contributed by atoms with Gasteiger partial charge < -0.3 is 20.8 Å². The molecule has 106 valence electrons. The summed E-state index contributed by atoms with van der Waals surface area (Å²) >= 11 is 0. The van der Waals surface area contributed by atoms with Gasteiger partial charge in [0.05, 0.1) is 18.3 Å². The highest BCUT2D eigenvalue weighted by Crippen LogP contribution is 2.11. The van der Waals surface area contributed by atoms with Gasteiger partial charge in [0.25, 0.3) is 0 Å². The molecule has 6 nitrogen and oxygen atoms in total. The Balaban J connectivity index is 1.54. The molecule has 4 N–H and O–H groups in total. The number of aliphatic imine (C=N–C) groups is 1. The Morgan fingerprint density at radius 3 is 3.30 bits per heavy atom. The third kappa shape index (κ3) is 3.08. The van der Waals surface area contributed by atoms with Crippen LogP contribution in [0.3, 0.4) is 0 Å². The third-order valence-electron chi connectivity index (χ3n) is 3.41. The van der Waals surface area contributed by atoms with Gasteiger partial charge in [-0.05, 0) is 31.0 Å². The molecule has 1 saturated heterocycles. The highest BCUT2D eigenvalue weighted by Gasteiger charge is 2.14. The fourth-order valence-corrected chi connectivity index (χ4v) is 2.30. The number of aromatic nitrogens is 2. The number of guanidine groups is 1. The summed E-state index contributed by atoms with van der Waals surface area (Å²) in [5.74, 6) is 0.439. The van der Waals surface area contributed by atoms with Crippen LogP contribution in [0.2, 0.25) is 0 Å². The van der Waals surface area contributed by atoms with Crippen LogP contribution in [-0.4, -0.2) is 35.2 Å². The highest BCUT2D eigenvalue weighted by molar-refractivity contribution is 5.78. The number of nitrogens with one attached hydrogen (secondary N) is 2. The van der Waals surface area contributed by atoms with Crippen LogP contribution in [0, 0.1) is 0 Å². The van der Waals surface area contributed by atoms with Crippen molar-refractivity contribution in [3.05, 3.63) is 30.1 Å². The first-order chi connectivity index (χ1) is 9.81. The van der Waals surface area contributed by atoms with E-state index in [0.717, 1.165) is 42.7 Å². The lowest BCUT2D eigenvalue weighted by molar-refractivity contribution is 0.114. The Hall–Kier alpha value is -2.08. The van der Waals surface area contributed by atoms with E-state index in [4.69, 9.17) is 10.5 Å². The molecule has 3 rings (SSSR count). The molecule has 1 aliphatic heterocycles. The van der Waals surface area contributed by atoms with Crippen LogP contribution in [0.5, 0.6) is 0 Å². The van der Waals surface area contributed by atoms with Gasteiger partial charge in [0.1, 0.15) is 5.65 Å². The maximum atomic E-state index is 5.84. The van der Waals surface area contributed by atoms with Crippen LogP contribution >= 0.6 is 0 Å². The summed E-state index contributed by atoms with van der Waals surface area (Å²) in [6.07, 6.45) is 4.36. The van der Waals surface area contributed by atoms with E-state index in [2.05, 4.69) is 20.3 Å². The molecule has 3 heterocycles. The van der Waals surface area contributed by atoms with Gasteiger partial charge in [0.15, 0.2) is 5.96 Å². The maximum Gasteiger partial charge on any atom is 0.189 e. The summed E-state index contributed by atoms with van der Waals surface area (Å²) < 4.78 is 5.52. The summed E-state index contributed by atoms with van der Waals surface area (Å²) in [6, 6.07) is 5.99. The van der Waals surface area contributed by atoms with Crippen molar-refractivity contribution in [2.75, 3.05) is 13.2 Å². The average molecular weight is 273 g/mol. The molecule has 0 aliphatic carbocycles. The molecule has 1 unspecified atom stereocenters. The molecule has 0 spiro atoms. The topological polar surface area (TPSA) is 88.3 Å². The summed E-state index contributed by atoms with van der Waals surface area (Å²) in [6.45, 7) is 2.04. The van der Waals surface area contributed by atoms with Crippen molar-refractivity contribution in [3.63, 3.8) is 0 Å². The van der Waals surface area contributed by atoms with Crippen LogP contribution in [-0.2, 0) is 11.3 Å². The number of nitrogens with two attached hydrogens (primary N) is 1. The van der Waals surface area contributed by atoms with E-state index in [1.807, 2.05) is 24.4 Å². The predicted octanol–water partition coefficient (Wildman–Crippen LogP) is 1.15. The van der Waals surface area contributed by atoms with Crippen molar-refractivity contribution >= 4 is 17.0 Å². The Kier molecular flexibility index (Phi) is 3.83. The zero-order valence-corrected chi connectivity index (χ0v) is 11.3. The lowest BCUT2D eigenvalue weighted by Gasteiger charge is -2.10. The first-order valence-corrected chi connectivity index (χ1v) is 6.90. The molecule has 1 atom stereocenters. The van der Waals surface area contributed by atoms with Gasteiger partial charge >= 0.3 is 0 Å². The minimum absolute atomic E-state index is 0.261. The third-order valence-corrected chi connectivity index (χ3v) is 3.41. The fourth-order valence-electron chi connectivity index (χ4n) is 2.30. The van der Waals surface area contributed by atoms with Gasteiger partial charge in [0, 0.05) is 24.7 Å². The minimum atomic E-state index is 0.261. The number of hydrogen-bond donors (Lipinski definition) is 3. The van der Waals surface area contributed by atoms with Gasteiger partial charge in [-0.25, -0.2) is 9.98 Å². The Morgan fingerprint density at radius 2 is 2.45 bits per heavy atom. The van der Waals surface area contributed by atoms with Gasteiger partial charge in [-0.2, -0.15) is 0 Å². The fraction of sp³-hybridized carbons (Fsp3) is 0.429. The van der Waals surface area contributed by atoms with E-state index in [9.17, 15) is 0 Å². The predicted molar refractivity (Wildman–Crippen MR) is 78.4 cm³/mol. The van der Waals surface area contributed by atoms with Crippen molar-refractivity contribution in [2.45, 2.75) is 25.5 Å². The number of rotatable bonds is 4. The quantitative estimate of drug-likeness (QED) is 0.576. The van der Waals surface area contributed by atoms with E-state index in [-0.39, 0.29) is 6.10 Å². The van der Waals surface area contributed by atoms with Crippen LogP contribution in [0.4, 0.5) is 0 Å². The second kappa shape index (κ2) is 5.92. The second-order valence-corrected chi connectivity index (χ2v) is 4.94. The molecule has 2 aromatic heterocycles. The molecule has 0 saturated carbocycles. The largest absolute Gasteiger partial charge is 0.376 e. The second-order valence-electron chi connectivity index (χ2n) is 4.94. The lowest BCUT2D eigenvalue weighted by Crippen LogP contribution is -2.37. The number of hydrogen-bond acceptors (Lipinski definition) is 3. The monoisotopic (exact) mass is 273 g/mol. The molecule has 1 fully saturated rings. The normalized spacial score (nSPS) is 19.6. The molecular weight excluding hydrogens is 254 g/mol. The Bertz CT molecular complexity index is 600. The summed E-state index contributed by atoms with van der Waals surface area (Å²) in [7, 11) is 0. The van der Waals surface area contributed by atoms with Crippen molar-refractivity contribution in [1.29, 1.82) is 0 Å². The zero-order chi connectivity index (χ0) is 13.8. The number of fused-ring (bicyclic) bond motifs is 1. The van der Waals surface area contributed by atoms with E-state index < -0.39 is 0 Å². The number of aromatic amines is 1. The van der Waals surface area contributed by atoms with Gasteiger partial charge in [-0.1, -0.05) is 0 Å². The highest BCUT2D eigenvalue weighted by atomic mass is 16.5. The first-order valence-electron chi connectivity index (χ1n) is 6.90. The van der Waals surface area contributed by atoms with Crippen LogP contribution in [0.1, 0.15) is 18.5 Å². The summed E-state index contributed by atoms with van der Waals surface area (Å²) in [5.41, 5.74) is 7.61. The maximum absolute atomic E-state index is 5.84. The molecule has 2 aromatic rings. The number of ether oxygens (including phenoxy) is 1. The average Bonchev–Trinajstić information content (AvgIpc) is 3.13. The molecule has 6 heteroatoms. The minimum Gasteiger partial charge on any atom is -0.376 e. The van der Waals surface area contributed by atoms with E-state index in [1.165, 1.54) is 0 Å². The van der Waals surface area contributed by atoms with Crippen molar-refractivity contribution in [1.82, 2.24) is 15.3 Å². The van der Waals surface area contributed by atoms with Crippen LogP contribution in [0.15, 0.2) is 29.4 Å². The smallest absolute Gasteiger partial charge is 0.189 e. The molecule has 0 aromatic carbocycles. The van der Waals surface area contributed by atoms with Crippen molar-refractivity contribution < 1.29 is 4.74 Å². The molecule has 20 heavy (non-hydrogen) atoms. The first kappa shape index (κ1) is 12.9. The van der Waals surface area contributed by atoms with Gasteiger partial charge in [-0.3, -0.25) is 0 Å². The van der Waals surface area contributed by atoms with Crippen LogP contribution < -0.4 is 11.1 Å². The number of H-pyrrole nitrogens is 1. The Labute approximate surface area is 117 Å². The van der Waals surface area contributed by atoms with Gasteiger partial charge in [0.2, 0.25) is 0 Å². The number of nitrogens with zero attached hydrogens (tertiary/aromatic N) is 2. The molecule has 0 amide bonds. The van der Waals surface area contributed by atoms with E-state index in [1.54, 1.807) is 0 Å². The SMILES string of the molecule is NC(=NCc1ccc2cc[nH]c2n1)NCC1CCCO1. The van der Waals surface area contributed by atoms with E-state index >= 15 is 0 Å². The molecular formula is C14H19N5O. The Morgan fingerprint density at radius 1 is 1.50 bits per heavy atom. The molecule has 1 aliphatic rings. The number of pyridine rings is 1. The lowest BCUT2D eigenvalue weighted by atomic mass is 10.2. The standard InChI is InChI=1S/C14H19N5O/c15-14(18-9-12-2-1-7-20-12)17-8-11-4-3-10-5-6-16-13(10)19-11/h3-6,12H,1-2,7-9H2,(H,16,19)(H3,15,17,18). The summed E-state index contributed by atoms with van der Waals surface area (Å²) in [5, 5.41) is 4.19. The van der Waals surface area contributed by atoms with Crippen molar-refractivity contribution in [2.24, 2.45) is 10.7 Å². The molecule has 0 radical (unpaired) electrons. The zero-order valence-electron chi connectivity index (χ0n) is 11.3. The van der Waals surface area contributed by atoms with E-state index in [0.29, 0.717) is 12.5 Å². The summed E-state index contributed by atoms with van der Waals surface area (Å²) in [4.78, 5) is 11.9. The molecule has 0 bridgehead atoms. The van der Waals surface area contributed by atoms with Gasteiger partial charge in [-0.15, -0.1) is 0 Å².